The minimum Gasteiger partial charge on any atom is -0.388 e. The standard InChI is InChI=1S/C13H21NO2/c1-4-13(15,9(2)3)12(8-14)7-10-5-6-11(12)16-10/h9-11,15H,4-7H2,1-3H3. The number of hydrogen-bond acceptors (Lipinski definition) is 3. The van der Waals surface area contributed by atoms with Gasteiger partial charge in [-0.1, -0.05) is 20.8 Å². The molecule has 2 fully saturated rings. The Balaban J connectivity index is 2.39. The first-order valence-electron chi connectivity index (χ1n) is 6.29. The Kier molecular flexibility index (Phi) is 2.76. The van der Waals surface area contributed by atoms with Crippen LogP contribution >= 0.6 is 0 Å². The lowest BCUT2D eigenvalue weighted by Gasteiger charge is -2.46. The maximum Gasteiger partial charge on any atom is 0.115 e. The summed E-state index contributed by atoms with van der Waals surface area (Å²) < 4.78 is 5.79. The lowest BCUT2D eigenvalue weighted by atomic mass is 9.59. The monoisotopic (exact) mass is 223 g/mol. The van der Waals surface area contributed by atoms with Crippen LogP contribution < -0.4 is 0 Å². The van der Waals surface area contributed by atoms with Gasteiger partial charge in [-0.05, 0) is 31.6 Å². The van der Waals surface area contributed by atoms with Crippen LogP contribution in [0.15, 0.2) is 0 Å². The Labute approximate surface area is 97.4 Å². The van der Waals surface area contributed by atoms with E-state index in [2.05, 4.69) is 6.07 Å². The quantitative estimate of drug-likeness (QED) is 0.798. The van der Waals surface area contributed by atoms with E-state index in [-0.39, 0.29) is 18.1 Å². The second-order valence-electron chi connectivity index (χ2n) is 5.54. The number of aliphatic hydroxyl groups is 1. The molecule has 0 aromatic heterocycles. The van der Waals surface area contributed by atoms with Crippen LogP contribution in [0.1, 0.15) is 46.5 Å². The molecule has 4 atom stereocenters. The summed E-state index contributed by atoms with van der Waals surface area (Å²) in [4.78, 5) is 0. The highest BCUT2D eigenvalue weighted by atomic mass is 16.5. The molecule has 2 aliphatic heterocycles. The first-order chi connectivity index (χ1) is 7.50. The minimum atomic E-state index is -0.915. The molecule has 0 aromatic carbocycles. The number of nitrogens with zero attached hydrogens (tertiary/aromatic N) is 1. The summed E-state index contributed by atoms with van der Waals surface area (Å²) in [5, 5.41) is 20.4. The van der Waals surface area contributed by atoms with E-state index in [0.717, 1.165) is 12.8 Å². The third-order valence-electron chi connectivity index (χ3n) is 4.67. The fourth-order valence-corrected chi connectivity index (χ4v) is 3.62. The van der Waals surface area contributed by atoms with E-state index >= 15 is 0 Å². The lowest BCUT2D eigenvalue weighted by molar-refractivity contribution is -0.118. The zero-order valence-electron chi connectivity index (χ0n) is 10.4. The average Bonchev–Trinajstić information content (AvgIpc) is 2.87. The van der Waals surface area contributed by atoms with Crippen LogP contribution in [0, 0.1) is 22.7 Å². The molecule has 4 unspecified atom stereocenters. The molecule has 2 aliphatic rings. The van der Waals surface area contributed by atoms with E-state index in [9.17, 15) is 10.4 Å². The van der Waals surface area contributed by atoms with E-state index in [1.165, 1.54) is 0 Å². The van der Waals surface area contributed by atoms with Crippen LogP contribution in [0.2, 0.25) is 0 Å². The van der Waals surface area contributed by atoms with E-state index in [0.29, 0.717) is 12.8 Å². The maximum atomic E-state index is 10.9. The first-order valence-corrected chi connectivity index (χ1v) is 6.29. The Morgan fingerprint density at radius 2 is 2.25 bits per heavy atom. The van der Waals surface area contributed by atoms with E-state index in [4.69, 9.17) is 4.74 Å². The van der Waals surface area contributed by atoms with Crippen molar-refractivity contribution in [2.75, 3.05) is 0 Å². The van der Waals surface area contributed by atoms with Crippen LogP contribution in [-0.2, 0) is 4.74 Å². The predicted octanol–water partition coefficient (Wildman–Crippen LogP) is 2.24. The van der Waals surface area contributed by atoms with Crippen molar-refractivity contribution in [2.24, 2.45) is 11.3 Å². The van der Waals surface area contributed by atoms with Gasteiger partial charge in [0, 0.05) is 0 Å². The Hall–Kier alpha value is -0.590. The molecule has 0 saturated carbocycles. The summed E-state index contributed by atoms with van der Waals surface area (Å²) in [6.45, 7) is 5.95. The molecule has 2 saturated heterocycles. The van der Waals surface area contributed by atoms with Gasteiger partial charge in [-0.15, -0.1) is 0 Å². The third-order valence-corrected chi connectivity index (χ3v) is 4.67. The summed E-state index contributed by atoms with van der Waals surface area (Å²) >= 11 is 0. The summed E-state index contributed by atoms with van der Waals surface area (Å²) in [7, 11) is 0. The minimum absolute atomic E-state index is 0.0603. The van der Waals surface area contributed by atoms with E-state index < -0.39 is 11.0 Å². The van der Waals surface area contributed by atoms with Gasteiger partial charge >= 0.3 is 0 Å². The molecular formula is C13H21NO2. The van der Waals surface area contributed by atoms with Gasteiger partial charge in [0.2, 0.25) is 0 Å². The second-order valence-corrected chi connectivity index (χ2v) is 5.54. The summed E-state index contributed by atoms with van der Waals surface area (Å²) in [6.07, 6.45) is 3.43. The predicted molar refractivity (Wildman–Crippen MR) is 60.6 cm³/mol. The second kappa shape index (κ2) is 3.72. The van der Waals surface area contributed by atoms with Gasteiger partial charge in [0.1, 0.15) is 5.41 Å². The molecular weight excluding hydrogens is 202 g/mol. The molecule has 1 N–H and O–H groups in total. The molecule has 0 aromatic rings. The van der Waals surface area contributed by atoms with Gasteiger partial charge in [0.25, 0.3) is 0 Å². The topological polar surface area (TPSA) is 53.2 Å². The number of fused-ring (bicyclic) bond motifs is 2. The third kappa shape index (κ3) is 1.26. The van der Waals surface area contributed by atoms with Crippen LogP contribution in [-0.4, -0.2) is 22.9 Å². The van der Waals surface area contributed by atoms with Crippen molar-refractivity contribution >= 4 is 0 Å². The number of hydrogen-bond donors (Lipinski definition) is 1. The molecule has 0 amide bonds. The van der Waals surface area contributed by atoms with Gasteiger partial charge in [-0.3, -0.25) is 0 Å². The fraction of sp³-hybridized carbons (Fsp3) is 0.923. The van der Waals surface area contributed by atoms with Crippen LogP contribution in [0.25, 0.3) is 0 Å². The summed E-state index contributed by atoms with van der Waals surface area (Å²) in [5.74, 6) is 0.0834. The zero-order chi connectivity index (χ0) is 12.0. The SMILES string of the molecule is CCC(O)(C(C)C)C1(C#N)CC2CCC1O2. The first kappa shape index (κ1) is 11.9. The maximum absolute atomic E-state index is 10.9. The van der Waals surface area contributed by atoms with Crippen molar-refractivity contribution in [3.63, 3.8) is 0 Å². The number of rotatable bonds is 3. The van der Waals surface area contributed by atoms with Crippen LogP contribution in [0.4, 0.5) is 0 Å². The van der Waals surface area contributed by atoms with Crippen LogP contribution in [0.5, 0.6) is 0 Å². The zero-order valence-corrected chi connectivity index (χ0v) is 10.4. The van der Waals surface area contributed by atoms with Crippen molar-refractivity contribution in [1.82, 2.24) is 0 Å². The smallest absolute Gasteiger partial charge is 0.115 e. The average molecular weight is 223 g/mol. The lowest BCUT2D eigenvalue weighted by Crippen LogP contribution is -2.55. The van der Waals surface area contributed by atoms with Crippen molar-refractivity contribution in [1.29, 1.82) is 5.26 Å². The molecule has 16 heavy (non-hydrogen) atoms. The summed E-state index contributed by atoms with van der Waals surface area (Å²) in [5.41, 5.74) is -1.60. The Morgan fingerprint density at radius 1 is 1.56 bits per heavy atom. The molecule has 2 heterocycles. The highest BCUT2D eigenvalue weighted by Crippen LogP contribution is 2.56. The van der Waals surface area contributed by atoms with Gasteiger partial charge in [-0.25, -0.2) is 0 Å². The van der Waals surface area contributed by atoms with E-state index in [1.54, 1.807) is 0 Å². The molecule has 0 spiro atoms. The molecule has 90 valence electrons. The molecule has 0 radical (unpaired) electrons. The van der Waals surface area contributed by atoms with Crippen LogP contribution in [0.3, 0.4) is 0 Å². The van der Waals surface area contributed by atoms with Crippen molar-refractivity contribution in [2.45, 2.75) is 64.3 Å². The molecule has 0 aliphatic carbocycles. The van der Waals surface area contributed by atoms with Crippen molar-refractivity contribution < 1.29 is 9.84 Å². The molecule has 2 bridgehead atoms. The van der Waals surface area contributed by atoms with Gasteiger partial charge in [0.05, 0.1) is 23.9 Å². The van der Waals surface area contributed by atoms with Crippen molar-refractivity contribution in [3.8, 4) is 6.07 Å². The molecule has 3 heteroatoms. The fourth-order valence-electron chi connectivity index (χ4n) is 3.62. The van der Waals surface area contributed by atoms with Gasteiger partial charge in [0.15, 0.2) is 0 Å². The normalized spacial score (nSPS) is 41.0. The highest BCUT2D eigenvalue weighted by Gasteiger charge is 2.63. The number of nitriles is 1. The molecule has 2 rings (SSSR count). The largest absolute Gasteiger partial charge is 0.388 e. The number of ether oxygens (including phenoxy) is 1. The van der Waals surface area contributed by atoms with Gasteiger partial charge < -0.3 is 9.84 Å². The summed E-state index contributed by atoms with van der Waals surface area (Å²) in [6, 6.07) is 2.41. The van der Waals surface area contributed by atoms with Crippen molar-refractivity contribution in [3.05, 3.63) is 0 Å². The Bertz CT molecular complexity index is 322. The Morgan fingerprint density at radius 3 is 2.56 bits per heavy atom. The van der Waals surface area contributed by atoms with E-state index in [1.807, 2.05) is 20.8 Å². The van der Waals surface area contributed by atoms with Gasteiger partial charge in [-0.2, -0.15) is 5.26 Å². The molecule has 3 nitrogen and oxygen atoms in total. The highest BCUT2D eigenvalue weighted by molar-refractivity contribution is 5.21.